The van der Waals surface area contributed by atoms with Gasteiger partial charge in [0, 0.05) is 5.56 Å². The van der Waals surface area contributed by atoms with Crippen molar-refractivity contribution in [2.24, 2.45) is 0 Å². The molecule has 0 spiro atoms. The average Bonchev–Trinajstić information content (AvgIpc) is 2.77. The number of ether oxygens (including phenoxy) is 3. The maximum atomic E-state index is 12.4. The molecule has 0 saturated carbocycles. The van der Waals surface area contributed by atoms with Gasteiger partial charge in [-0.25, -0.2) is 0 Å². The minimum atomic E-state index is -0.863. The van der Waals surface area contributed by atoms with E-state index in [1.54, 1.807) is 42.5 Å². The monoisotopic (exact) mass is 390 g/mol. The fourth-order valence-corrected chi connectivity index (χ4v) is 2.75. The van der Waals surface area contributed by atoms with Crippen LogP contribution >= 0.6 is 0 Å². The Hall–Kier alpha value is -4.00. The Morgan fingerprint density at radius 2 is 1.55 bits per heavy atom. The van der Waals surface area contributed by atoms with E-state index in [2.05, 4.69) is 10.9 Å². The van der Waals surface area contributed by atoms with Crippen LogP contribution < -0.4 is 25.1 Å². The molecule has 0 aliphatic carbocycles. The number of amides is 2. The Bertz CT molecular complexity index is 1020. The molecule has 7 heteroatoms. The van der Waals surface area contributed by atoms with Crippen molar-refractivity contribution >= 4 is 11.8 Å². The molecule has 0 fully saturated rings. The Labute approximate surface area is 167 Å². The lowest BCUT2D eigenvalue weighted by Crippen LogP contribution is -2.50. The maximum Gasteiger partial charge on any atom is 0.283 e. The summed E-state index contributed by atoms with van der Waals surface area (Å²) in [5.41, 5.74) is 5.09. The van der Waals surface area contributed by atoms with Crippen molar-refractivity contribution in [3.63, 3.8) is 0 Å². The maximum absolute atomic E-state index is 12.4. The van der Waals surface area contributed by atoms with Gasteiger partial charge in [0.25, 0.3) is 11.8 Å². The summed E-state index contributed by atoms with van der Waals surface area (Å²) in [7, 11) is 0. The van der Waals surface area contributed by atoms with Crippen molar-refractivity contribution in [2.75, 3.05) is 6.61 Å². The van der Waals surface area contributed by atoms with Crippen LogP contribution in [0.3, 0.4) is 0 Å². The summed E-state index contributed by atoms with van der Waals surface area (Å²) in [6.45, 7) is 0.0547. The van der Waals surface area contributed by atoms with E-state index < -0.39 is 17.9 Å². The summed E-state index contributed by atoms with van der Waals surface area (Å²) in [6, 6.07) is 23.0. The number of hydrogen-bond donors (Lipinski definition) is 2. The lowest BCUT2D eigenvalue weighted by molar-refractivity contribution is -0.131. The van der Waals surface area contributed by atoms with Gasteiger partial charge in [-0.2, -0.15) is 0 Å². The van der Waals surface area contributed by atoms with Crippen LogP contribution in [-0.2, 0) is 4.79 Å². The second-order valence-electron chi connectivity index (χ2n) is 6.25. The van der Waals surface area contributed by atoms with Crippen LogP contribution in [0.5, 0.6) is 23.0 Å². The Kier molecular flexibility index (Phi) is 5.29. The molecule has 1 aliphatic rings. The molecule has 1 heterocycles. The second-order valence-corrected chi connectivity index (χ2v) is 6.25. The standard InChI is InChI=1S/C22H18N2O5/c25-21(15-7-6-10-17(13-15)28-16-8-2-1-3-9-16)23-24-22(26)20-14-27-18-11-4-5-12-19(18)29-20/h1-13,20H,14H2,(H,23,25)(H,24,26). The molecule has 4 rings (SSSR count). The zero-order valence-corrected chi connectivity index (χ0v) is 15.3. The van der Waals surface area contributed by atoms with Gasteiger partial charge < -0.3 is 14.2 Å². The highest BCUT2D eigenvalue weighted by atomic mass is 16.6. The van der Waals surface area contributed by atoms with Crippen molar-refractivity contribution in [1.29, 1.82) is 0 Å². The van der Waals surface area contributed by atoms with Crippen LogP contribution in [0.2, 0.25) is 0 Å². The van der Waals surface area contributed by atoms with Gasteiger partial charge in [0.2, 0.25) is 6.10 Å². The van der Waals surface area contributed by atoms with Crippen molar-refractivity contribution in [3.8, 4) is 23.0 Å². The van der Waals surface area contributed by atoms with Crippen LogP contribution in [0.15, 0.2) is 78.9 Å². The Morgan fingerprint density at radius 1 is 0.828 bits per heavy atom. The van der Waals surface area contributed by atoms with Crippen LogP contribution in [0, 0.1) is 0 Å². The fourth-order valence-electron chi connectivity index (χ4n) is 2.75. The van der Waals surface area contributed by atoms with Crippen molar-refractivity contribution < 1.29 is 23.8 Å². The first-order chi connectivity index (χ1) is 14.2. The SMILES string of the molecule is O=C(NNC(=O)C1COc2ccccc2O1)c1cccc(Oc2ccccc2)c1. The molecule has 3 aromatic rings. The van der Waals surface area contributed by atoms with Gasteiger partial charge in [0.1, 0.15) is 18.1 Å². The largest absolute Gasteiger partial charge is 0.485 e. The quantitative estimate of drug-likeness (QED) is 0.669. The molecule has 3 aromatic carbocycles. The highest BCUT2D eigenvalue weighted by Gasteiger charge is 2.27. The number of carbonyl (C=O) groups excluding carboxylic acids is 2. The molecule has 0 saturated heterocycles. The normalized spacial score (nSPS) is 14.6. The van der Waals surface area contributed by atoms with E-state index in [0.717, 1.165) is 0 Å². The lowest BCUT2D eigenvalue weighted by Gasteiger charge is -2.25. The van der Waals surface area contributed by atoms with Gasteiger partial charge in [0.15, 0.2) is 11.5 Å². The molecule has 0 aromatic heterocycles. The van der Waals surface area contributed by atoms with Crippen LogP contribution in [0.4, 0.5) is 0 Å². The second kappa shape index (κ2) is 8.35. The number of carbonyl (C=O) groups is 2. The predicted octanol–water partition coefficient (Wildman–Crippen LogP) is 3.08. The molecule has 7 nitrogen and oxygen atoms in total. The van der Waals surface area contributed by atoms with E-state index in [1.165, 1.54) is 0 Å². The number of hydrogen-bond acceptors (Lipinski definition) is 5. The number of benzene rings is 3. The minimum absolute atomic E-state index is 0.0547. The molecule has 1 atom stereocenters. The Morgan fingerprint density at radius 3 is 2.38 bits per heavy atom. The molecule has 2 amide bonds. The van der Waals surface area contributed by atoms with Crippen LogP contribution in [0.25, 0.3) is 0 Å². The first kappa shape index (κ1) is 18.4. The summed E-state index contributed by atoms with van der Waals surface area (Å²) in [4.78, 5) is 24.7. The van der Waals surface area contributed by atoms with E-state index in [0.29, 0.717) is 28.6 Å². The van der Waals surface area contributed by atoms with E-state index in [1.807, 2.05) is 36.4 Å². The van der Waals surface area contributed by atoms with E-state index in [-0.39, 0.29) is 6.61 Å². The van der Waals surface area contributed by atoms with Gasteiger partial charge in [-0.1, -0.05) is 36.4 Å². The zero-order valence-electron chi connectivity index (χ0n) is 15.3. The highest BCUT2D eigenvalue weighted by molar-refractivity contribution is 5.96. The van der Waals surface area contributed by atoms with Gasteiger partial charge >= 0.3 is 0 Å². The van der Waals surface area contributed by atoms with Crippen LogP contribution in [-0.4, -0.2) is 24.5 Å². The molecular weight excluding hydrogens is 372 g/mol. The van der Waals surface area contributed by atoms with Gasteiger partial charge in [-0.15, -0.1) is 0 Å². The molecule has 29 heavy (non-hydrogen) atoms. The summed E-state index contributed by atoms with van der Waals surface area (Å²) >= 11 is 0. The highest BCUT2D eigenvalue weighted by Crippen LogP contribution is 2.30. The number of hydrazine groups is 1. The number of rotatable bonds is 4. The predicted molar refractivity (Wildman–Crippen MR) is 105 cm³/mol. The molecule has 1 unspecified atom stereocenters. The van der Waals surface area contributed by atoms with E-state index >= 15 is 0 Å². The molecule has 146 valence electrons. The third-order valence-corrected chi connectivity index (χ3v) is 4.18. The topological polar surface area (TPSA) is 85.9 Å². The van der Waals surface area contributed by atoms with E-state index in [4.69, 9.17) is 14.2 Å². The molecule has 0 radical (unpaired) electrons. The summed E-state index contributed by atoms with van der Waals surface area (Å²) < 4.78 is 16.8. The first-order valence-electron chi connectivity index (χ1n) is 9.01. The van der Waals surface area contributed by atoms with Gasteiger partial charge in [-0.05, 0) is 42.5 Å². The third kappa shape index (κ3) is 4.47. The van der Waals surface area contributed by atoms with Gasteiger partial charge in [-0.3, -0.25) is 20.4 Å². The fraction of sp³-hybridized carbons (Fsp3) is 0.0909. The molecule has 0 bridgehead atoms. The third-order valence-electron chi connectivity index (χ3n) is 4.18. The van der Waals surface area contributed by atoms with Crippen molar-refractivity contribution in [3.05, 3.63) is 84.4 Å². The van der Waals surface area contributed by atoms with Crippen LogP contribution in [0.1, 0.15) is 10.4 Å². The molecule has 2 N–H and O–H groups in total. The first-order valence-corrected chi connectivity index (χ1v) is 9.01. The van der Waals surface area contributed by atoms with Crippen molar-refractivity contribution in [1.82, 2.24) is 10.9 Å². The number of para-hydroxylation sites is 3. The summed E-state index contributed by atoms with van der Waals surface area (Å²) in [5.74, 6) is 1.24. The number of fused-ring (bicyclic) bond motifs is 1. The summed E-state index contributed by atoms with van der Waals surface area (Å²) in [6.07, 6.45) is -0.863. The number of nitrogens with one attached hydrogen (secondary N) is 2. The molecule has 1 aliphatic heterocycles. The van der Waals surface area contributed by atoms with Crippen molar-refractivity contribution in [2.45, 2.75) is 6.10 Å². The minimum Gasteiger partial charge on any atom is -0.485 e. The zero-order chi connectivity index (χ0) is 20.1. The average molecular weight is 390 g/mol. The summed E-state index contributed by atoms with van der Waals surface area (Å²) in [5, 5.41) is 0. The smallest absolute Gasteiger partial charge is 0.283 e. The Balaban J connectivity index is 1.34. The lowest BCUT2D eigenvalue weighted by atomic mass is 10.2. The molecular formula is C22H18N2O5. The van der Waals surface area contributed by atoms with Gasteiger partial charge in [0.05, 0.1) is 0 Å². The van der Waals surface area contributed by atoms with E-state index in [9.17, 15) is 9.59 Å².